The van der Waals surface area contributed by atoms with E-state index in [0.717, 1.165) is 47.7 Å². The maximum absolute atomic E-state index is 13.0. The van der Waals surface area contributed by atoms with Crippen molar-refractivity contribution in [3.63, 3.8) is 0 Å². The van der Waals surface area contributed by atoms with Gasteiger partial charge in [0.05, 0.1) is 11.7 Å². The van der Waals surface area contributed by atoms with E-state index in [2.05, 4.69) is 27.6 Å². The van der Waals surface area contributed by atoms with Crippen LogP contribution in [0.25, 0.3) is 22.0 Å². The molecule has 2 aromatic carbocycles. The Bertz CT molecular complexity index is 1050. The second kappa shape index (κ2) is 8.69. The summed E-state index contributed by atoms with van der Waals surface area (Å²) >= 11 is 0. The average Bonchev–Trinajstić information content (AvgIpc) is 3.26. The third-order valence-corrected chi connectivity index (χ3v) is 6.11. The summed E-state index contributed by atoms with van der Waals surface area (Å²) in [5.41, 5.74) is 3.82. The molecule has 30 heavy (non-hydrogen) atoms. The van der Waals surface area contributed by atoms with E-state index in [-0.39, 0.29) is 26.8 Å². The summed E-state index contributed by atoms with van der Waals surface area (Å²) in [5, 5.41) is 11.2. The topological polar surface area (TPSA) is 78.1 Å². The van der Waals surface area contributed by atoms with E-state index in [9.17, 15) is 9.59 Å². The quantitative estimate of drug-likeness (QED) is 0.646. The highest BCUT2D eigenvalue weighted by molar-refractivity contribution is 5.95. The van der Waals surface area contributed by atoms with Gasteiger partial charge in [0.2, 0.25) is 5.91 Å². The molecule has 6 nitrogen and oxygen atoms in total. The molecule has 0 unspecified atom stereocenters. The van der Waals surface area contributed by atoms with Gasteiger partial charge in [-0.15, -0.1) is 0 Å². The number of rotatable bonds is 5. The Morgan fingerprint density at radius 2 is 1.93 bits per heavy atom. The van der Waals surface area contributed by atoms with E-state index < -0.39 is 0 Å². The van der Waals surface area contributed by atoms with Gasteiger partial charge in [0.1, 0.15) is 0 Å². The molecule has 2 atom stereocenters. The van der Waals surface area contributed by atoms with E-state index in [4.69, 9.17) is 0 Å². The lowest BCUT2D eigenvalue weighted by Crippen LogP contribution is -2.46. The van der Waals surface area contributed by atoms with E-state index in [0.29, 0.717) is 12.0 Å². The van der Waals surface area contributed by atoms with Crippen LogP contribution in [0.4, 0.5) is 0 Å². The largest absolute Gasteiger partial charge is 0.353 e. The molecule has 1 aromatic heterocycles. The van der Waals surface area contributed by atoms with Gasteiger partial charge >= 0.3 is 0 Å². The maximum atomic E-state index is 13.0. The van der Waals surface area contributed by atoms with Gasteiger partial charge in [-0.05, 0) is 55.0 Å². The van der Waals surface area contributed by atoms with Crippen LogP contribution in [-0.4, -0.2) is 46.0 Å². The van der Waals surface area contributed by atoms with Crippen molar-refractivity contribution in [3.05, 3.63) is 54.2 Å². The molecule has 1 aliphatic carbocycles. The molecule has 0 bridgehead atoms. The van der Waals surface area contributed by atoms with Crippen molar-refractivity contribution in [1.82, 2.24) is 20.4 Å². The number of carbonyl (C=O) groups excluding carboxylic acids is 2. The molecule has 0 radical (unpaired) electrons. The number of aromatic nitrogens is 2. The highest BCUT2D eigenvalue weighted by atomic mass is 16.2. The number of hydrogen-bond donors (Lipinski definition) is 2. The van der Waals surface area contributed by atoms with E-state index in [1.807, 2.05) is 49.2 Å². The Morgan fingerprint density at radius 3 is 2.70 bits per heavy atom. The summed E-state index contributed by atoms with van der Waals surface area (Å²) in [4.78, 5) is 26.6. The lowest BCUT2D eigenvalue weighted by atomic mass is 9.89. The fourth-order valence-electron chi connectivity index (χ4n) is 4.27. The Labute approximate surface area is 179 Å². The highest BCUT2D eigenvalue weighted by Gasteiger charge is 2.28. The predicted octanol–water partition coefficient (Wildman–Crippen LogP) is 4.63. The van der Waals surface area contributed by atoms with Gasteiger partial charge in [-0.2, -0.15) is 5.10 Å². The van der Waals surface area contributed by atoms with Crippen LogP contribution in [0.5, 0.6) is 0 Å². The minimum absolute atomic E-state index is 0. The molecule has 6 heteroatoms. The molecule has 2 N–H and O–H groups in total. The number of nitrogens with one attached hydrogen (secondary N) is 2. The fourth-order valence-corrected chi connectivity index (χ4v) is 4.27. The Morgan fingerprint density at radius 1 is 1.17 bits per heavy atom. The summed E-state index contributed by atoms with van der Waals surface area (Å²) in [5.74, 6) is 0.108. The van der Waals surface area contributed by atoms with Crippen LogP contribution in [0.1, 0.15) is 52.2 Å². The summed E-state index contributed by atoms with van der Waals surface area (Å²) in [6.07, 6.45) is 6.10. The Balaban J connectivity index is 0.00000181. The van der Waals surface area contributed by atoms with Crippen LogP contribution in [0, 0.1) is 0 Å². The number of nitrogens with zero attached hydrogens (tertiary/aromatic N) is 2. The SMILES string of the molecule is CCC(=O)N[C@H]1CCC[C@@H](N(C)C(=O)c2ccc(-c3ccc4cn[nH]c4c3)cc2)C1.[HH].[HH]. The first-order chi connectivity index (χ1) is 14.5. The fraction of sp³-hybridized carbons (Fsp3) is 0.375. The molecule has 0 spiro atoms. The molecule has 3 aromatic rings. The van der Waals surface area contributed by atoms with Crippen LogP contribution in [0.15, 0.2) is 48.7 Å². The van der Waals surface area contributed by atoms with Crippen LogP contribution >= 0.6 is 0 Å². The number of hydrogen-bond acceptors (Lipinski definition) is 3. The second-order valence-electron chi connectivity index (χ2n) is 8.10. The van der Waals surface area contributed by atoms with Crippen LogP contribution in [0.2, 0.25) is 0 Å². The standard InChI is InChI=1S/C24H28N4O2.2H2/c1-3-23(29)26-20-5-4-6-21(14-20)28(2)24(30)17-9-7-16(8-10-17)18-11-12-19-15-25-27-22(19)13-18;;/h7-13,15,20-21H,3-6,14H2,1-2H3,(H,25,27)(H,26,29);2*1H/t20-,21+;;/m0../s1. The van der Waals surface area contributed by atoms with E-state index >= 15 is 0 Å². The second-order valence-corrected chi connectivity index (χ2v) is 8.10. The molecule has 4 rings (SSSR count). The first-order valence-corrected chi connectivity index (χ1v) is 10.6. The number of fused-ring (bicyclic) bond motifs is 1. The van der Waals surface area contributed by atoms with Crippen molar-refractivity contribution >= 4 is 22.7 Å². The molecule has 0 saturated heterocycles. The predicted molar refractivity (Wildman–Crippen MR) is 122 cm³/mol. The lowest BCUT2D eigenvalue weighted by molar-refractivity contribution is -0.121. The number of H-pyrrole nitrogens is 1. The minimum Gasteiger partial charge on any atom is -0.353 e. The van der Waals surface area contributed by atoms with Crippen molar-refractivity contribution in [2.45, 2.75) is 51.1 Å². The number of amides is 2. The van der Waals surface area contributed by atoms with Gasteiger partial charge in [-0.25, -0.2) is 0 Å². The van der Waals surface area contributed by atoms with E-state index in [1.165, 1.54) is 0 Å². The molecule has 2 amide bonds. The zero-order chi connectivity index (χ0) is 21.1. The summed E-state index contributed by atoms with van der Waals surface area (Å²) < 4.78 is 0. The van der Waals surface area contributed by atoms with Crippen molar-refractivity contribution in [1.29, 1.82) is 0 Å². The van der Waals surface area contributed by atoms with Crippen LogP contribution in [0.3, 0.4) is 0 Å². The summed E-state index contributed by atoms with van der Waals surface area (Å²) in [6.45, 7) is 1.86. The molecule has 1 saturated carbocycles. The number of aromatic amines is 1. The zero-order valence-corrected chi connectivity index (χ0v) is 17.5. The van der Waals surface area contributed by atoms with Crippen molar-refractivity contribution in [2.75, 3.05) is 7.05 Å². The maximum Gasteiger partial charge on any atom is 0.253 e. The Hall–Kier alpha value is -3.15. The van der Waals surface area contributed by atoms with Gasteiger partial charge in [-0.1, -0.05) is 31.2 Å². The first-order valence-electron chi connectivity index (χ1n) is 10.6. The molecule has 1 fully saturated rings. The van der Waals surface area contributed by atoms with Crippen LogP contribution in [-0.2, 0) is 4.79 Å². The lowest BCUT2D eigenvalue weighted by Gasteiger charge is -2.35. The summed E-state index contributed by atoms with van der Waals surface area (Å²) in [7, 11) is 1.87. The third kappa shape index (κ3) is 4.22. The normalized spacial score (nSPS) is 18.9. The van der Waals surface area contributed by atoms with Crippen molar-refractivity contribution in [3.8, 4) is 11.1 Å². The van der Waals surface area contributed by atoms with Crippen molar-refractivity contribution in [2.24, 2.45) is 0 Å². The average molecular weight is 409 g/mol. The van der Waals surface area contributed by atoms with Gasteiger partial charge in [0.15, 0.2) is 0 Å². The molecule has 160 valence electrons. The first kappa shape index (κ1) is 20.1. The Kier molecular flexibility index (Phi) is 5.84. The van der Waals surface area contributed by atoms with Gasteiger partial charge < -0.3 is 10.2 Å². The molecular formula is C24H32N4O2. The zero-order valence-electron chi connectivity index (χ0n) is 17.5. The van der Waals surface area contributed by atoms with Gasteiger partial charge in [-0.3, -0.25) is 14.7 Å². The van der Waals surface area contributed by atoms with Crippen LogP contribution < -0.4 is 5.32 Å². The van der Waals surface area contributed by atoms with Gasteiger partial charge in [0, 0.05) is 39.4 Å². The van der Waals surface area contributed by atoms with Crippen molar-refractivity contribution < 1.29 is 12.4 Å². The molecule has 1 aliphatic rings. The van der Waals surface area contributed by atoms with E-state index in [1.54, 1.807) is 6.20 Å². The molecule has 1 heterocycles. The highest BCUT2D eigenvalue weighted by Crippen LogP contribution is 2.26. The monoisotopic (exact) mass is 408 g/mol. The molecular weight excluding hydrogens is 376 g/mol. The smallest absolute Gasteiger partial charge is 0.253 e. The summed E-state index contributed by atoms with van der Waals surface area (Å²) in [6, 6.07) is 14.2. The number of carbonyl (C=O) groups is 2. The third-order valence-electron chi connectivity index (χ3n) is 6.11. The molecule has 0 aliphatic heterocycles. The minimum atomic E-state index is 0. The van der Waals surface area contributed by atoms with Gasteiger partial charge in [0.25, 0.3) is 5.91 Å². The number of benzene rings is 2.